The van der Waals surface area contributed by atoms with Crippen LogP contribution in [0, 0.1) is 17.2 Å². The molecule has 5 heteroatoms. The van der Waals surface area contributed by atoms with Crippen LogP contribution in [0.5, 0.6) is 5.75 Å². The molecule has 20 heavy (non-hydrogen) atoms. The molecule has 2 aromatic rings. The van der Waals surface area contributed by atoms with Gasteiger partial charge in [-0.1, -0.05) is 30.3 Å². The van der Waals surface area contributed by atoms with Crippen LogP contribution in [0.15, 0.2) is 34.9 Å². The topological polar surface area (TPSA) is 71.9 Å². The summed E-state index contributed by atoms with van der Waals surface area (Å²) in [6.45, 7) is 2.50. The van der Waals surface area contributed by atoms with Crippen molar-refractivity contribution >= 4 is 0 Å². The minimum Gasteiger partial charge on any atom is -0.493 e. The van der Waals surface area contributed by atoms with Crippen LogP contribution in [0.4, 0.5) is 0 Å². The van der Waals surface area contributed by atoms with E-state index in [2.05, 4.69) is 16.2 Å². The molecule has 0 aliphatic rings. The molecule has 0 saturated heterocycles. The fourth-order valence-electron chi connectivity index (χ4n) is 1.78. The third-order valence-electron chi connectivity index (χ3n) is 2.81. The first-order valence-corrected chi connectivity index (χ1v) is 6.64. The molecule has 0 bridgehead atoms. The van der Waals surface area contributed by atoms with Gasteiger partial charge in [-0.05, 0) is 18.1 Å². The lowest BCUT2D eigenvalue weighted by Crippen LogP contribution is -2.03. The molecule has 1 heterocycles. The molecule has 104 valence electrons. The zero-order chi connectivity index (χ0) is 14.2. The highest BCUT2D eigenvalue weighted by molar-refractivity contribution is 5.20. The Hall–Kier alpha value is -2.35. The van der Waals surface area contributed by atoms with E-state index in [1.807, 2.05) is 37.3 Å². The van der Waals surface area contributed by atoms with Crippen LogP contribution in [0.1, 0.15) is 25.1 Å². The third kappa shape index (κ3) is 4.39. The van der Waals surface area contributed by atoms with Crippen molar-refractivity contribution in [1.82, 2.24) is 10.1 Å². The summed E-state index contributed by atoms with van der Waals surface area (Å²) in [5.74, 6) is 2.29. The summed E-state index contributed by atoms with van der Waals surface area (Å²) in [5, 5.41) is 12.5. The van der Waals surface area contributed by atoms with E-state index < -0.39 is 0 Å². The van der Waals surface area contributed by atoms with E-state index in [0.717, 1.165) is 5.75 Å². The Bertz CT molecular complexity index is 560. The Morgan fingerprint density at radius 3 is 2.90 bits per heavy atom. The molecule has 0 aliphatic carbocycles. The normalized spacial score (nSPS) is 11.8. The Morgan fingerprint density at radius 2 is 2.15 bits per heavy atom. The first-order valence-electron chi connectivity index (χ1n) is 6.64. The SMILES string of the molecule is CC(CC#N)Cc1nc(CCOc2ccccc2)no1. The second-order valence-electron chi connectivity index (χ2n) is 4.69. The van der Waals surface area contributed by atoms with E-state index in [1.54, 1.807) is 0 Å². The Labute approximate surface area is 118 Å². The number of ether oxygens (including phenoxy) is 1. The standard InChI is InChI=1S/C15H17N3O2/c1-12(7-9-16)11-15-17-14(18-20-15)8-10-19-13-5-3-2-4-6-13/h2-6,12H,7-8,10-11H2,1H3. The molecule has 0 aliphatic heterocycles. The molecule has 0 fully saturated rings. The summed E-state index contributed by atoms with van der Waals surface area (Å²) in [4.78, 5) is 4.30. The Balaban J connectivity index is 1.77. The second-order valence-corrected chi connectivity index (χ2v) is 4.69. The van der Waals surface area contributed by atoms with Crippen LogP contribution in [-0.2, 0) is 12.8 Å². The second kappa shape index (κ2) is 7.29. The molecule has 1 unspecified atom stereocenters. The van der Waals surface area contributed by atoms with Crippen molar-refractivity contribution < 1.29 is 9.26 Å². The minimum atomic E-state index is 0.230. The maximum Gasteiger partial charge on any atom is 0.226 e. The largest absolute Gasteiger partial charge is 0.493 e. The molecular formula is C15H17N3O2. The summed E-state index contributed by atoms with van der Waals surface area (Å²) in [5.41, 5.74) is 0. The van der Waals surface area contributed by atoms with Gasteiger partial charge in [-0.2, -0.15) is 10.2 Å². The monoisotopic (exact) mass is 271 g/mol. The van der Waals surface area contributed by atoms with Crippen LogP contribution in [-0.4, -0.2) is 16.7 Å². The van der Waals surface area contributed by atoms with Crippen molar-refractivity contribution in [3.8, 4) is 11.8 Å². The Morgan fingerprint density at radius 1 is 1.35 bits per heavy atom. The summed E-state index contributed by atoms with van der Waals surface area (Å²) in [6.07, 6.45) is 1.74. The van der Waals surface area contributed by atoms with Gasteiger partial charge in [0.2, 0.25) is 5.89 Å². The summed E-state index contributed by atoms with van der Waals surface area (Å²) >= 11 is 0. The molecule has 0 radical (unpaired) electrons. The number of hydrogen-bond donors (Lipinski definition) is 0. The lowest BCUT2D eigenvalue weighted by atomic mass is 10.1. The number of nitrogens with zero attached hydrogens (tertiary/aromatic N) is 3. The maximum atomic E-state index is 8.61. The maximum absolute atomic E-state index is 8.61. The van der Waals surface area contributed by atoms with Gasteiger partial charge in [0.25, 0.3) is 0 Å². The number of nitriles is 1. The highest BCUT2D eigenvalue weighted by atomic mass is 16.5. The number of hydrogen-bond acceptors (Lipinski definition) is 5. The van der Waals surface area contributed by atoms with Crippen molar-refractivity contribution in [2.45, 2.75) is 26.2 Å². The van der Waals surface area contributed by atoms with Crippen molar-refractivity contribution in [2.75, 3.05) is 6.61 Å². The number of para-hydroxylation sites is 1. The molecule has 1 atom stereocenters. The third-order valence-corrected chi connectivity index (χ3v) is 2.81. The zero-order valence-electron chi connectivity index (χ0n) is 11.5. The summed E-state index contributed by atoms with van der Waals surface area (Å²) in [7, 11) is 0. The lowest BCUT2D eigenvalue weighted by Gasteiger charge is -2.03. The van der Waals surface area contributed by atoms with E-state index in [-0.39, 0.29) is 5.92 Å². The van der Waals surface area contributed by atoms with Crippen molar-refractivity contribution in [3.05, 3.63) is 42.0 Å². The molecular weight excluding hydrogens is 254 g/mol. The number of benzene rings is 1. The van der Waals surface area contributed by atoms with Gasteiger partial charge in [-0.3, -0.25) is 0 Å². The van der Waals surface area contributed by atoms with Crippen LogP contribution in [0.2, 0.25) is 0 Å². The molecule has 0 saturated carbocycles. The fourth-order valence-corrected chi connectivity index (χ4v) is 1.78. The fraction of sp³-hybridized carbons (Fsp3) is 0.400. The van der Waals surface area contributed by atoms with E-state index >= 15 is 0 Å². The van der Waals surface area contributed by atoms with E-state index in [4.69, 9.17) is 14.5 Å². The van der Waals surface area contributed by atoms with Crippen molar-refractivity contribution in [2.24, 2.45) is 5.92 Å². The highest BCUT2D eigenvalue weighted by Crippen LogP contribution is 2.11. The first kappa shape index (κ1) is 14.1. The van der Waals surface area contributed by atoms with Crippen LogP contribution < -0.4 is 4.74 Å². The van der Waals surface area contributed by atoms with Gasteiger partial charge >= 0.3 is 0 Å². The predicted molar refractivity (Wildman–Crippen MR) is 73.0 cm³/mol. The van der Waals surface area contributed by atoms with E-state index in [9.17, 15) is 0 Å². The van der Waals surface area contributed by atoms with Gasteiger partial charge in [0.15, 0.2) is 5.82 Å². The van der Waals surface area contributed by atoms with Crippen LogP contribution >= 0.6 is 0 Å². The average molecular weight is 271 g/mol. The average Bonchev–Trinajstić information content (AvgIpc) is 2.88. The predicted octanol–water partition coefficient (Wildman–Crippen LogP) is 2.78. The van der Waals surface area contributed by atoms with Gasteiger partial charge < -0.3 is 9.26 Å². The summed E-state index contributed by atoms with van der Waals surface area (Å²) < 4.78 is 10.7. The quantitative estimate of drug-likeness (QED) is 0.774. The van der Waals surface area contributed by atoms with Crippen molar-refractivity contribution in [1.29, 1.82) is 5.26 Å². The summed E-state index contributed by atoms with van der Waals surface area (Å²) in [6, 6.07) is 11.8. The minimum absolute atomic E-state index is 0.230. The van der Waals surface area contributed by atoms with Crippen LogP contribution in [0.3, 0.4) is 0 Å². The molecule has 1 aromatic heterocycles. The first-order chi connectivity index (χ1) is 9.78. The van der Waals surface area contributed by atoms with Gasteiger partial charge in [0.05, 0.1) is 12.7 Å². The number of aromatic nitrogens is 2. The van der Waals surface area contributed by atoms with E-state index in [1.165, 1.54) is 0 Å². The zero-order valence-corrected chi connectivity index (χ0v) is 11.5. The highest BCUT2D eigenvalue weighted by Gasteiger charge is 2.10. The van der Waals surface area contributed by atoms with Crippen molar-refractivity contribution in [3.63, 3.8) is 0 Å². The van der Waals surface area contributed by atoms with Gasteiger partial charge in [-0.15, -0.1) is 0 Å². The van der Waals surface area contributed by atoms with Gasteiger partial charge in [-0.25, -0.2) is 0 Å². The lowest BCUT2D eigenvalue weighted by molar-refractivity contribution is 0.312. The molecule has 2 rings (SSSR count). The molecule has 1 aromatic carbocycles. The number of rotatable bonds is 7. The molecule has 0 amide bonds. The molecule has 5 nitrogen and oxygen atoms in total. The van der Waals surface area contributed by atoms with E-state index in [0.29, 0.717) is 37.6 Å². The molecule has 0 N–H and O–H groups in total. The van der Waals surface area contributed by atoms with Gasteiger partial charge in [0.1, 0.15) is 5.75 Å². The smallest absolute Gasteiger partial charge is 0.226 e. The van der Waals surface area contributed by atoms with Gasteiger partial charge in [0, 0.05) is 19.3 Å². The Kier molecular flexibility index (Phi) is 5.13. The molecule has 0 spiro atoms. The van der Waals surface area contributed by atoms with Crippen LogP contribution in [0.25, 0.3) is 0 Å².